The van der Waals surface area contributed by atoms with E-state index in [0.717, 1.165) is 5.69 Å². The maximum absolute atomic E-state index is 10.5. The lowest BCUT2D eigenvalue weighted by atomic mass is 9.91. The van der Waals surface area contributed by atoms with Gasteiger partial charge in [0, 0.05) is 5.41 Å². The van der Waals surface area contributed by atoms with E-state index in [1.54, 1.807) is 6.07 Å². The van der Waals surface area contributed by atoms with Crippen LogP contribution >= 0.6 is 11.6 Å². The fourth-order valence-corrected chi connectivity index (χ4v) is 1.29. The van der Waals surface area contributed by atoms with Crippen LogP contribution in [0.3, 0.4) is 0 Å². The van der Waals surface area contributed by atoms with Gasteiger partial charge in [0.15, 0.2) is 0 Å². The van der Waals surface area contributed by atoms with Gasteiger partial charge < -0.3 is 5.11 Å². The van der Waals surface area contributed by atoms with Gasteiger partial charge in [0.1, 0.15) is 0 Å². The highest BCUT2D eigenvalue weighted by Gasteiger charge is 2.18. The number of halogens is 1. The Bertz CT molecular complexity index is 385. The van der Waals surface area contributed by atoms with Crippen molar-refractivity contribution in [3.63, 3.8) is 0 Å². The van der Waals surface area contributed by atoms with Crippen molar-refractivity contribution in [3.8, 4) is 0 Å². The van der Waals surface area contributed by atoms with Crippen LogP contribution in [0.1, 0.15) is 32.2 Å². The van der Waals surface area contributed by atoms with Gasteiger partial charge in [0.2, 0.25) is 5.28 Å². The molecule has 0 saturated carbocycles. The van der Waals surface area contributed by atoms with E-state index >= 15 is 0 Å². The minimum Gasteiger partial charge on any atom is -0.481 e. The molecule has 0 aliphatic heterocycles. The first-order valence-corrected chi connectivity index (χ1v) is 4.92. The number of rotatable bonds is 2. The molecule has 0 atom stereocenters. The lowest BCUT2D eigenvalue weighted by Crippen LogP contribution is -2.15. The molecule has 0 amide bonds. The molecule has 1 rings (SSSR count). The third-order valence-corrected chi connectivity index (χ3v) is 2.02. The number of aromatic nitrogens is 2. The molecule has 4 nitrogen and oxygen atoms in total. The molecule has 1 aromatic heterocycles. The SMILES string of the molecule is CC(C)(C)c1cc(CC(=O)O)nc(Cl)n1. The van der Waals surface area contributed by atoms with E-state index in [1.807, 2.05) is 20.8 Å². The van der Waals surface area contributed by atoms with Crippen LogP contribution in [0.15, 0.2) is 6.07 Å². The lowest BCUT2D eigenvalue weighted by molar-refractivity contribution is -0.136. The molecule has 0 fully saturated rings. The number of carbonyl (C=O) groups is 1. The standard InChI is InChI=1S/C10H13ClN2O2/c1-10(2,3)7-4-6(5-8(14)15)12-9(11)13-7/h4H,5H2,1-3H3,(H,14,15). The van der Waals surface area contributed by atoms with Crippen molar-refractivity contribution < 1.29 is 9.90 Å². The molecule has 0 saturated heterocycles. The summed E-state index contributed by atoms with van der Waals surface area (Å²) in [5.74, 6) is -0.926. The minimum atomic E-state index is -0.926. The van der Waals surface area contributed by atoms with Crippen LogP contribution in [0.2, 0.25) is 5.28 Å². The molecule has 1 heterocycles. The molecular formula is C10H13ClN2O2. The van der Waals surface area contributed by atoms with Crippen molar-refractivity contribution in [2.45, 2.75) is 32.6 Å². The van der Waals surface area contributed by atoms with E-state index in [4.69, 9.17) is 16.7 Å². The third kappa shape index (κ3) is 3.47. The minimum absolute atomic E-state index is 0.0960. The molecule has 0 bridgehead atoms. The molecule has 5 heteroatoms. The lowest BCUT2D eigenvalue weighted by Gasteiger charge is -2.18. The second kappa shape index (κ2) is 4.14. The Morgan fingerprint density at radius 2 is 2.07 bits per heavy atom. The van der Waals surface area contributed by atoms with Gasteiger partial charge in [-0.3, -0.25) is 4.79 Å². The van der Waals surface area contributed by atoms with Crippen molar-refractivity contribution in [2.75, 3.05) is 0 Å². The molecule has 0 aromatic carbocycles. The van der Waals surface area contributed by atoms with Crippen molar-refractivity contribution >= 4 is 17.6 Å². The zero-order valence-corrected chi connectivity index (χ0v) is 9.67. The van der Waals surface area contributed by atoms with Gasteiger partial charge in [-0.2, -0.15) is 0 Å². The fourth-order valence-electron chi connectivity index (χ4n) is 1.09. The summed E-state index contributed by atoms with van der Waals surface area (Å²) in [6.45, 7) is 5.95. The highest BCUT2D eigenvalue weighted by molar-refractivity contribution is 6.28. The summed E-state index contributed by atoms with van der Waals surface area (Å²) in [5, 5.41) is 8.74. The maximum atomic E-state index is 10.5. The van der Waals surface area contributed by atoms with Crippen LogP contribution in [0, 0.1) is 0 Å². The molecule has 15 heavy (non-hydrogen) atoms. The van der Waals surface area contributed by atoms with Gasteiger partial charge in [0.25, 0.3) is 0 Å². The van der Waals surface area contributed by atoms with Gasteiger partial charge in [0.05, 0.1) is 17.8 Å². The Labute approximate surface area is 93.3 Å². The second-order valence-electron chi connectivity index (χ2n) is 4.33. The summed E-state index contributed by atoms with van der Waals surface area (Å²) in [6, 6.07) is 1.68. The Morgan fingerprint density at radius 1 is 1.47 bits per heavy atom. The first kappa shape index (κ1) is 11.9. The van der Waals surface area contributed by atoms with Crippen molar-refractivity contribution in [2.24, 2.45) is 0 Å². The number of aliphatic carboxylic acids is 1. The molecular weight excluding hydrogens is 216 g/mol. The summed E-state index contributed by atoms with van der Waals surface area (Å²) in [6.07, 6.45) is -0.134. The van der Waals surface area contributed by atoms with Crippen LogP contribution < -0.4 is 0 Å². The van der Waals surface area contributed by atoms with Crippen molar-refractivity contribution in [1.82, 2.24) is 9.97 Å². The number of carboxylic acid groups (broad SMARTS) is 1. The third-order valence-electron chi connectivity index (χ3n) is 1.85. The fraction of sp³-hybridized carbons (Fsp3) is 0.500. The van der Waals surface area contributed by atoms with Crippen LogP contribution in [-0.4, -0.2) is 21.0 Å². The van der Waals surface area contributed by atoms with Crippen molar-refractivity contribution in [3.05, 3.63) is 22.7 Å². The summed E-state index contributed by atoms with van der Waals surface area (Å²) in [4.78, 5) is 18.5. The van der Waals surface area contributed by atoms with E-state index in [1.165, 1.54) is 0 Å². The van der Waals surface area contributed by atoms with E-state index in [0.29, 0.717) is 5.69 Å². The molecule has 1 N–H and O–H groups in total. The van der Waals surface area contributed by atoms with E-state index in [-0.39, 0.29) is 17.1 Å². The Hall–Kier alpha value is -1.16. The predicted octanol–water partition coefficient (Wildman–Crippen LogP) is 2.05. The molecule has 0 aliphatic carbocycles. The number of carboxylic acids is 1. The smallest absolute Gasteiger partial charge is 0.309 e. The van der Waals surface area contributed by atoms with Gasteiger partial charge in [-0.1, -0.05) is 20.8 Å². The average molecular weight is 229 g/mol. The quantitative estimate of drug-likeness (QED) is 0.787. The largest absolute Gasteiger partial charge is 0.481 e. The van der Waals surface area contributed by atoms with Crippen LogP contribution in [0.4, 0.5) is 0 Å². The maximum Gasteiger partial charge on any atom is 0.309 e. The number of hydrogen-bond donors (Lipinski definition) is 1. The van der Waals surface area contributed by atoms with Gasteiger partial charge in [-0.15, -0.1) is 0 Å². The van der Waals surface area contributed by atoms with E-state index in [9.17, 15) is 4.79 Å². The van der Waals surface area contributed by atoms with E-state index in [2.05, 4.69) is 9.97 Å². The molecule has 0 radical (unpaired) electrons. The topological polar surface area (TPSA) is 63.1 Å². The summed E-state index contributed by atoms with van der Waals surface area (Å²) >= 11 is 5.72. The monoisotopic (exact) mass is 228 g/mol. The Kier molecular flexibility index (Phi) is 3.29. The molecule has 0 spiro atoms. The highest BCUT2D eigenvalue weighted by atomic mass is 35.5. The van der Waals surface area contributed by atoms with Gasteiger partial charge in [-0.25, -0.2) is 9.97 Å². The van der Waals surface area contributed by atoms with Crippen LogP contribution in [0.5, 0.6) is 0 Å². The van der Waals surface area contributed by atoms with Gasteiger partial charge in [-0.05, 0) is 17.7 Å². The van der Waals surface area contributed by atoms with Gasteiger partial charge >= 0.3 is 5.97 Å². The number of hydrogen-bond acceptors (Lipinski definition) is 3. The average Bonchev–Trinajstić information content (AvgIpc) is 1.99. The summed E-state index contributed by atoms with van der Waals surface area (Å²) < 4.78 is 0. The second-order valence-corrected chi connectivity index (χ2v) is 4.67. The van der Waals surface area contributed by atoms with E-state index < -0.39 is 5.97 Å². The molecule has 82 valence electrons. The normalized spacial score (nSPS) is 11.5. The predicted molar refractivity (Wildman–Crippen MR) is 57.1 cm³/mol. The molecule has 1 aromatic rings. The molecule has 0 unspecified atom stereocenters. The van der Waals surface area contributed by atoms with Crippen molar-refractivity contribution in [1.29, 1.82) is 0 Å². The zero-order chi connectivity index (χ0) is 11.6. The first-order chi connectivity index (χ1) is 6.79. The summed E-state index contributed by atoms with van der Waals surface area (Å²) in [7, 11) is 0. The Balaban J connectivity index is 3.11. The molecule has 0 aliphatic rings. The number of nitrogens with zero attached hydrogens (tertiary/aromatic N) is 2. The Morgan fingerprint density at radius 3 is 2.53 bits per heavy atom. The zero-order valence-electron chi connectivity index (χ0n) is 8.91. The first-order valence-electron chi connectivity index (χ1n) is 4.55. The summed E-state index contributed by atoms with van der Waals surface area (Å²) in [5.41, 5.74) is 1.02. The van der Waals surface area contributed by atoms with Crippen LogP contribution in [0.25, 0.3) is 0 Å². The van der Waals surface area contributed by atoms with Crippen LogP contribution in [-0.2, 0) is 16.6 Å². The highest BCUT2D eigenvalue weighted by Crippen LogP contribution is 2.21.